The molecule has 1 fully saturated rings. The Hall–Kier alpha value is -3.62. The van der Waals surface area contributed by atoms with Crippen molar-refractivity contribution in [2.75, 3.05) is 18.4 Å². The zero-order valence-corrected chi connectivity index (χ0v) is 19.7. The van der Waals surface area contributed by atoms with Crippen LogP contribution < -0.4 is 5.32 Å². The molecule has 188 valence electrons. The third kappa shape index (κ3) is 5.15. The molecule has 0 radical (unpaired) electrons. The van der Waals surface area contributed by atoms with E-state index in [1.54, 1.807) is 4.90 Å². The molecule has 2 aliphatic heterocycles. The number of benzene rings is 2. The van der Waals surface area contributed by atoms with Crippen LogP contribution in [0.2, 0.25) is 0 Å². The number of nitrogens with one attached hydrogen (secondary N) is 1. The van der Waals surface area contributed by atoms with Crippen LogP contribution in [0.1, 0.15) is 47.4 Å². The topological polar surface area (TPSA) is 67.2 Å². The molecule has 2 aliphatic rings. The molecule has 0 spiro atoms. The molecule has 36 heavy (non-hydrogen) atoms. The maximum Gasteiger partial charge on any atom is 0.416 e. The van der Waals surface area contributed by atoms with E-state index in [1.807, 2.05) is 24.3 Å². The minimum Gasteiger partial charge on any atom is -0.339 e. The van der Waals surface area contributed by atoms with Crippen LogP contribution in [0.3, 0.4) is 0 Å². The van der Waals surface area contributed by atoms with Gasteiger partial charge >= 0.3 is 6.18 Å². The quantitative estimate of drug-likeness (QED) is 0.526. The molecule has 3 heterocycles. The summed E-state index contributed by atoms with van der Waals surface area (Å²) in [5, 5.41) is 3.00. The van der Waals surface area contributed by atoms with Gasteiger partial charge in [0.1, 0.15) is 5.82 Å². The Morgan fingerprint density at radius 3 is 2.42 bits per heavy atom. The Labute approximate surface area is 207 Å². The largest absolute Gasteiger partial charge is 0.416 e. The molecule has 0 bridgehead atoms. The van der Waals surface area contributed by atoms with Crippen LogP contribution in [0.25, 0.3) is 11.3 Å². The van der Waals surface area contributed by atoms with E-state index in [0.29, 0.717) is 31.6 Å². The van der Waals surface area contributed by atoms with Crippen molar-refractivity contribution in [2.24, 2.45) is 5.92 Å². The van der Waals surface area contributed by atoms with Gasteiger partial charge in [0.25, 0.3) is 5.91 Å². The van der Waals surface area contributed by atoms with Crippen molar-refractivity contribution in [1.29, 1.82) is 0 Å². The number of carbonyl (C=O) groups is 2. The molecule has 0 unspecified atom stereocenters. The van der Waals surface area contributed by atoms with Crippen molar-refractivity contribution in [3.05, 3.63) is 71.7 Å². The van der Waals surface area contributed by atoms with Crippen LogP contribution in [0.15, 0.2) is 54.7 Å². The molecule has 0 atom stereocenters. The average molecular weight is 497 g/mol. The number of rotatable bonds is 4. The minimum absolute atomic E-state index is 0.0992. The summed E-state index contributed by atoms with van der Waals surface area (Å²) in [6.07, 6.45) is 1.91. The highest BCUT2D eigenvalue weighted by Crippen LogP contribution is 2.30. The number of imidazole rings is 1. The van der Waals surface area contributed by atoms with Gasteiger partial charge < -0.3 is 14.8 Å². The second-order valence-electron chi connectivity index (χ2n) is 9.40. The van der Waals surface area contributed by atoms with Gasteiger partial charge in [-0.2, -0.15) is 13.2 Å². The number of amides is 2. The normalized spacial score (nSPS) is 16.5. The predicted octanol–water partition coefficient (Wildman–Crippen LogP) is 5.40. The van der Waals surface area contributed by atoms with Gasteiger partial charge in [0, 0.05) is 55.0 Å². The molecule has 0 aliphatic carbocycles. The zero-order valence-electron chi connectivity index (χ0n) is 19.7. The fraction of sp³-hybridized carbons (Fsp3) is 0.370. The van der Waals surface area contributed by atoms with Crippen molar-refractivity contribution in [2.45, 2.75) is 44.8 Å². The number of hydrogen-bond donors (Lipinski definition) is 1. The van der Waals surface area contributed by atoms with Gasteiger partial charge in [-0.3, -0.25) is 9.59 Å². The van der Waals surface area contributed by atoms with Crippen molar-refractivity contribution in [1.82, 2.24) is 14.5 Å². The van der Waals surface area contributed by atoms with E-state index in [-0.39, 0.29) is 23.3 Å². The summed E-state index contributed by atoms with van der Waals surface area (Å²) < 4.78 is 40.5. The lowest BCUT2D eigenvalue weighted by Crippen LogP contribution is -2.41. The first kappa shape index (κ1) is 24.1. The first-order chi connectivity index (χ1) is 17.3. The molecule has 3 aromatic rings. The standard InChI is InChI=1S/C27H27F3N4O2/c28-27(29,30)21-9-7-19(8-10-21)26(36)33-14-11-18(12-15-33)25(35)31-22-5-3-4-20(16-22)23-17-34-13-2-1-6-24(34)32-23/h3-5,7-10,16-18H,1-2,6,11-15H2,(H,31,35). The van der Waals surface area contributed by atoms with Gasteiger partial charge in [-0.25, -0.2) is 4.98 Å². The van der Waals surface area contributed by atoms with E-state index < -0.39 is 11.7 Å². The number of fused-ring (bicyclic) bond motifs is 1. The molecule has 0 saturated carbocycles. The average Bonchev–Trinajstić information content (AvgIpc) is 3.33. The number of halogens is 3. The van der Waals surface area contributed by atoms with E-state index in [4.69, 9.17) is 4.98 Å². The van der Waals surface area contributed by atoms with Crippen molar-refractivity contribution < 1.29 is 22.8 Å². The second-order valence-corrected chi connectivity index (χ2v) is 9.40. The number of aryl methyl sites for hydroxylation is 2. The predicted molar refractivity (Wildman–Crippen MR) is 129 cm³/mol. The lowest BCUT2D eigenvalue weighted by Gasteiger charge is -2.31. The summed E-state index contributed by atoms with van der Waals surface area (Å²) in [7, 11) is 0. The fourth-order valence-electron chi connectivity index (χ4n) is 4.88. The Morgan fingerprint density at radius 1 is 0.972 bits per heavy atom. The molecule has 6 nitrogen and oxygen atoms in total. The molecule has 2 amide bonds. The molecule has 1 saturated heterocycles. The van der Waals surface area contributed by atoms with Gasteiger partial charge in [0.15, 0.2) is 0 Å². The zero-order chi connectivity index (χ0) is 25.3. The Kier molecular flexibility index (Phi) is 6.55. The summed E-state index contributed by atoms with van der Waals surface area (Å²) >= 11 is 0. The molecule has 2 aromatic carbocycles. The van der Waals surface area contributed by atoms with E-state index in [0.717, 1.165) is 55.0 Å². The van der Waals surface area contributed by atoms with Crippen LogP contribution in [-0.4, -0.2) is 39.4 Å². The first-order valence-electron chi connectivity index (χ1n) is 12.2. The van der Waals surface area contributed by atoms with Gasteiger partial charge in [-0.1, -0.05) is 12.1 Å². The summed E-state index contributed by atoms with van der Waals surface area (Å²) in [4.78, 5) is 32.0. The molecular formula is C27H27F3N4O2. The number of alkyl halides is 3. The van der Waals surface area contributed by atoms with E-state index in [1.165, 1.54) is 12.1 Å². The highest BCUT2D eigenvalue weighted by atomic mass is 19.4. The lowest BCUT2D eigenvalue weighted by atomic mass is 9.95. The maximum atomic E-state index is 12.9. The molecule has 1 N–H and O–H groups in total. The Morgan fingerprint density at radius 2 is 1.72 bits per heavy atom. The van der Waals surface area contributed by atoms with Crippen LogP contribution in [-0.2, 0) is 23.9 Å². The van der Waals surface area contributed by atoms with Crippen molar-refractivity contribution >= 4 is 17.5 Å². The summed E-state index contributed by atoms with van der Waals surface area (Å²) in [5.41, 5.74) is 1.98. The van der Waals surface area contributed by atoms with Gasteiger partial charge in [0.2, 0.25) is 5.91 Å². The van der Waals surface area contributed by atoms with Crippen LogP contribution in [0.5, 0.6) is 0 Å². The Balaban J connectivity index is 1.17. The van der Waals surface area contributed by atoms with Crippen LogP contribution in [0.4, 0.5) is 18.9 Å². The van der Waals surface area contributed by atoms with Crippen molar-refractivity contribution in [3.63, 3.8) is 0 Å². The third-order valence-electron chi connectivity index (χ3n) is 6.95. The van der Waals surface area contributed by atoms with Crippen molar-refractivity contribution in [3.8, 4) is 11.3 Å². The Bertz CT molecular complexity index is 1240. The van der Waals surface area contributed by atoms with Gasteiger partial charge in [-0.15, -0.1) is 0 Å². The van der Waals surface area contributed by atoms with Gasteiger partial charge in [-0.05, 0) is 62.1 Å². The van der Waals surface area contributed by atoms with E-state index in [2.05, 4.69) is 16.1 Å². The molecular weight excluding hydrogens is 469 g/mol. The molecule has 9 heteroatoms. The number of likely N-dealkylation sites (tertiary alicyclic amines) is 1. The summed E-state index contributed by atoms with van der Waals surface area (Å²) in [5.74, 6) is 0.435. The highest BCUT2D eigenvalue weighted by molar-refractivity contribution is 5.95. The van der Waals surface area contributed by atoms with E-state index in [9.17, 15) is 22.8 Å². The number of piperidine rings is 1. The number of nitrogens with zero attached hydrogens (tertiary/aromatic N) is 3. The van der Waals surface area contributed by atoms with Crippen LogP contribution in [0, 0.1) is 5.92 Å². The van der Waals surface area contributed by atoms with Crippen LogP contribution >= 0.6 is 0 Å². The van der Waals surface area contributed by atoms with Gasteiger partial charge in [0.05, 0.1) is 11.3 Å². The SMILES string of the molecule is O=C(Nc1cccc(-c2cn3c(n2)CCCC3)c1)C1CCN(C(=O)c2ccc(C(F)(F)F)cc2)CC1. The second kappa shape index (κ2) is 9.79. The number of aromatic nitrogens is 2. The number of hydrogen-bond acceptors (Lipinski definition) is 3. The molecule has 1 aromatic heterocycles. The van der Waals surface area contributed by atoms with E-state index >= 15 is 0 Å². The minimum atomic E-state index is -4.44. The summed E-state index contributed by atoms with van der Waals surface area (Å²) in [6.45, 7) is 1.73. The fourth-order valence-corrected chi connectivity index (χ4v) is 4.88. The smallest absolute Gasteiger partial charge is 0.339 e. The highest BCUT2D eigenvalue weighted by Gasteiger charge is 2.31. The third-order valence-corrected chi connectivity index (χ3v) is 6.95. The molecule has 5 rings (SSSR count). The summed E-state index contributed by atoms with van der Waals surface area (Å²) in [6, 6.07) is 11.9. The maximum absolute atomic E-state index is 12.9. The number of anilines is 1. The monoisotopic (exact) mass is 496 g/mol. The number of carbonyl (C=O) groups excluding carboxylic acids is 2. The first-order valence-corrected chi connectivity index (χ1v) is 12.2. The lowest BCUT2D eigenvalue weighted by molar-refractivity contribution is -0.137.